The molecule has 0 aliphatic carbocycles. The van der Waals surface area contributed by atoms with Gasteiger partial charge in [-0.25, -0.2) is 4.98 Å². The number of carbonyl (C=O) groups excluding carboxylic acids is 1. The zero-order chi connectivity index (χ0) is 22.2. The summed E-state index contributed by atoms with van der Waals surface area (Å²) in [6, 6.07) is 7.93. The summed E-state index contributed by atoms with van der Waals surface area (Å²) in [7, 11) is 0. The maximum absolute atomic E-state index is 13.6. The van der Waals surface area contributed by atoms with Gasteiger partial charge in [0.15, 0.2) is 0 Å². The smallest absolute Gasteiger partial charge is 0.263 e. The number of fused-ring (bicyclic) bond motifs is 3. The van der Waals surface area contributed by atoms with Crippen LogP contribution in [0.25, 0.3) is 11.5 Å². The molecule has 1 N–H and O–H groups in total. The number of nitrogens with one attached hydrogen (secondary N) is 1. The van der Waals surface area contributed by atoms with Crippen molar-refractivity contribution < 1.29 is 9.21 Å². The summed E-state index contributed by atoms with van der Waals surface area (Å²) in [5.41, 5.74) is 2.12. The van der Waals surface area contributed by atoms with Gasteiger partial charge in [0.25, 0.3) is 5.91 Å². The lowest BCUT2D eigenvalue weighted by molar-refractivity contribution is 0.0988. The van der Waals surface area contributed by atoms with Crippen molar-refractivity contribution in [1.29, 1.82) is 0 Å². The van der Waals surface area contributed by atoms with Crippen LogP contribution >= 0.6 is 0 Å². The minimum Gasteiger partial charge on any atom is -0.420 e. The highest BCUT2D eigenvalue weighted by Crippen LogP contribution is 2.35. The summed E-state index contributed by atoms with van der Waals surface area (Å²) < 4.78 is 5.83. The fourth-order valence-electron chi connectivity index (χ4n) is 4.34. The molecule has 3 aromatic rings. The molecule has 0 radical (unpaired) electrons. The van der Waals surface area contributed by atoms with Crippen LogP contribution in [0.4, 0.5) is 17.5 Å². The van der Waals surface area contributed by atoms with Crippen LogP contribution in [0.1, 0.15) is 55.8 Å². The van der Waals surface area contributed by atoms with Gasteiger partial charge < -0.3 is 19.5 Å². The van der Waals surface area contributed by atoms with Gasteiger partial charge in [-0.3, -0.25) is 4.79 Å². The van der Waals surface area contributed by atoms with Crippen molar-refractivity contribution >= 4 is 23.4 Å². The third-order valence-corrected chi connectivity index (χ3v) is 5.96. The molecular formula is C23H27N7O2. The van der Waals surface area contributed by atoms with Gasteiger partial charge in [0.2, 0.25) is 17.7 Å². The van der Waals surface area contributed by atoms with Crippen molar-refractivity contribution in [2.45, 2.75) is 45.6 Å². The van der Waals surface area contributed by atoms with Crippen LogP contribution in [0.15, 0.2) is 34.9 Å². The molecule has 1 saturated heterocycles. The molecule has 0 bridgehead atoms. The number of carbonyl (C=O) groups is 1. The van der Waals surface area contributed by atoms with E-state index in [9.17, 15) is 4.79 Å². The van der Waals surface area contributed by atoms with E-state index in [1.807, 2.05) is 49.9 Å². The Kier molecular flexibility index (Phi) is 5.24. The van der Waals surface area contributed by atoms with Gasteiger partial charge >= 0.3 is 0 Å². The van der Waals surface area contributed by atoms with Crippen LogP contribution in [0.5, 0.6) is 0 Å². The molecule has 0 spiro atoms. The largest absolute Gasteiger partial charge is 0.420 e. The molecule has 4 heterocycles. The van der Waals surface area contributed by atoms with Crippen molar-refractivity contribution in [3.63, 3.8) is 0 Å². The second kappa shape index (κ2) is 8.22. The Morgan fingerprint density at radius 2 is 2.16 bits per heavy atom. The van der Waals surface area contributed by atoms with Gasteiger partial charge in [-0.15, -0.1) is 10.2 Å². The van der Waals surface area contributed by atoms with E-state index >= 15 is 0 Å². The summed E-state index contributed by atoms with van der Waals surface area (Å²) >= 11 is 0. The summed E-state index contributed by atoms with van der Waals surface area (Å²) in [4.78, 5) is 26.8. The first kappa shape index (κ1) is 20.4. The fourth-order valence-corrected chi connectivity index (χ4v) is 4.34. The highest BCUT2D eigenvalue weighted by atomic mass is 16.4. The zero-order valence-electron chi connectivity index (χ0n) is 18.6. The first-order chi connectivity index (χ1) is 15.5. The Hall–Kier alpha value is -3.49. The average molecular weight is 434 g/mol. The quantitative estimate of drug-likeness (QED) is 0.650. The summed E-state index contributed by atoms with van der Waals surface area (Å²) in [5.74, 6) is 2.39. The van der Waals surface area contributed by atoms with Crippen LogP contribution < -0.4 is 15.1 Å². The fraction of sp³-hybridized carbons (Fsp3) is 0.435. The number of benzene rings is 1. The molecule has 1 atom stereocenters. The molecule has 2 aliphatic heterocycles. The number of amides is 1. The zero-order valence-corrected chi connectivity index (χ0v) is 18.6. The van der Waals surface area contributed by atoms with E-state index in [-0.39, 0.29) is 17.9 Å². The topological polar surface area (TPSA) is 100 Å². The lowest BCUT2D eigenvalue weighted by Gasteiger charge is -2.27. The van der Waals surface area contributed by atoms with E-state index in [1.165, 1.54) is 0 Å². The van der Waals surface area contributed by atoms with Crippen molar-refractivity contribution in [1.82, 2.24) is 20.2 Å². The molecule has 9 heteroatoms. The van der Waals surface area contributed by atoms with Crippen LogP contribution in [-0.4, -0.2) is 51.7 Å². The Labute approximate surface area is 186 Å². The van der Waals surface area contributed by atoms with Crippen LogP contribution in [-0.2, 0) is 0 Å². The van der Waals surface area contributed by atoms with Crippen molar-refractivity contribution in [2.75, 3.05) is 34.8 Å². The minimum absolute atomic E-state index is 0.0944. The van der Waals surface area contributed by atoms with E-state index in [0.29, 0.717) is 29.8 Å². The number of nitrogens with zero attached hydrogens (tertiary/aromatic N) is 6. The van der Waals surface area contributed by atoms with E-state index in [4.69, 9.17) is 9.40 Å². The predicted octanol–water partition coefficient (Wildman–Crippen LogP) is 3.71. The maximum atomic E-state index is 13.6. The molecule has 1 fully saturated rings. The Morgan fingerprint density at radius 3 is 2.94 bits per heavy atom. The van der Waals surface area contributed by atoms with Gasteiger partial charge in [0, 0.05) is 49.0 Å². The van der Waals surface area contributed by atoms with Crippen LogP contribution in [0, 0.1) is 0 Å². The van der Waals surface area contributed by atoms with Gasteiger partial charge in [0.1, 0.15) is 11.4 Å². The lowest BCUT2D eigenvalue weighted by Crippen LogP contribution is -2.39. The Bertz CT molecular complexity index is 1140. The second-order valence-corrected chi connectivity index (χ2v) is 8.52. The van der Waals surface area contributed by atoms with Crippen molar-refractivity contribution in [2.24, 2.45) is 0 Å². The first-order valence-corrected chi connectivity index (χ1v) is 11.2. The molecule has 0 unspecified atom stereocenters. The SMILES string of the molecule is CCNc1ncc2c(n1)N1CCC[C@H]1CN(c1cccc(-c3nnc(C(C)C)o3)c1)C2=O. The molecule has 0 saturated carbocycles. The molecule has 1 aromatic carbocycles. The molecular weight excluding hydrogens is 406 g/mol. The summed E-state index contributed by atoms with van der Waals surface area (Å²) in [5, 5.41) is 11.5. The Balaban J connectivity index is 1.53. The van der Waals surface area contributed by atoms with E-state index in [1.54, 1.807) is 6.20 Å². The van der Waals surface area contributed by atoms with E-state index in [0.717, 1.165) is 43.0 Å². The van der Waals surface area contributed by atoms with E-state index in [2.05, 4.69) is 25.4 Å². The van der Waals surface area contributed by atoms with Gasteiger partial charge in [0.05, 0.1) is 0 Å². The molecule has 1 amide bonds. The highest BCUT2D eigenvalue weighted by Gasteiger charge is 2.37. The number of hydrogen-bond acceptors (Lipinski definition) is 8. The number of aromatic nitrogens is 4. The van der Waals surface area contributed by atoms with Gasteiger partial charge in [-0.1, -0.05) is 19.9 Å². The third-order valence-electron chi connectivity index (χ3n) is 5.96. The highest BCUT2D eigenvalue weighted by molar-refractivity contribution is 6.10. The van der Waals surface area contributed by atoms with Crippen LogP contribution in [0.2, 0.25) is 0 Å². The predicted molar refractivity (Wildman–Crippen MR) is 122 cm³/mol. The second-order valence-electron chi connectivity index (χ2n) is 8.52. The number of hydrogen-bond donors (Lipinski definition) is 1. The van der Waals surface area contributed by atoms with Crippen molar-refractivity contribution in [3.05, 3.63) is 41.9 Å². The molecule has 2 aliphatic rings. The molecule has 32 heavy (non-hydrogen) atoms. The van der Waals surface area contributed by atoms with Crippen molar-refractivity contribution in [3.8, 4) is 11.5 Å². The standard InChI is InChI=1S/C23H27N7O2/c1-4-24-23-25-12-18-19(26-23)29-10-6-9-17(29)13-30(22(18)31)16-8-5-7-15(11-16)21-28-27-20(32-21)14(2)3/h5,7-8,11-12,14,17H,4,6,9-10,13H2,1-3H3,(H,24,25,26)/t17-/m0/s1. The lowest BCUT2D eigenvalue weighted by atomic mass is 10.1. The summed E-state index contributed by atoms with van der Waals surface area (Å²) in [6.45, 7) is 8.23. The molecule has 2 aromatic heterocycles. The van der Waals surface area contributed by atoms with Gasteiger partial charge in [-0.2, -0.15) is 4.98 Å². The molecule has 5 rings (SSSR count). The average Bonchev–Trinajstić information content (AvgIpc) is 3.45. The van der Waals surface area contributed by atoms with E-state index < -0.39 is 0 Å². The normalized spacial score (nSPS) is 18.0. The monoisotopic (exact) mass is 433 g/mol. The molecule has 9 nitrogen and oxygen atoms in total. The Morgan fingerprint density at radius 1 is 1.28 bits per heavy atom. The summed E-state index contributed by atoms with van der Waals surface area (Å²) in [6.07, 6.45) is 3.74. The maximum Gasteiger partial charge on any atom is 0.263 e. The first-order valence-electron chi connectivity index (χ1n) is 11.2. The third kappa shape index (κ3) is 3.57. The molecule has 166 valence electrons. The van der Waals surface area contributed by atoms with Gasteiger partial charge in [-0.05, 0) is 38.0 Å². The number of rotatable bonds is 5. The minimum atomic E-state index is -0.0944. The van der Waals surface area contributed by atoms with Crippen LogP contribution in [0.3, 0.4) is 0 Å². The number of anilines is 3.